The summed E-state index contributed by atoms with van der Waals surface area (Å²) in [4.78, 5) is 57.5. The molecule has 0 aromatic rings. The SMILES string of the molecule is C#CCCCC(=O)CC(CN=[N+]=[N-])CC(=O)C1=C(C)CSC2C(NC(=O)CCC(C)C3CCC4C5C(O)CC6CC(O)CCC6(C)C5CC(O)C34C)C(=O)N12. The van der Waals surface area contributed by atoms with Crippen molar-refractivity contribution in [1.82, 2.24) is 10.2 Å². The molecule has 6 rings (SSSR count). The van der Waals surface area contributed by atoms with Crippen molar-refractivity contribution in [2.75, 3.05) is 12.3 Å². The molecule has 2 heterocycles. The molecule has 302 valence electrons. The van der Waals surface area contributed by atoms with Crippen LogP contribution >= 0.6 is 11.8 Å². The summed E-state index contributed by atoms with van der Waals surface area (Å²) in [5.41, 5.74) is 9.62. The Morgan fingerprint density at radius 2 is 1.87 bits per heavy atom. The van der Waals surface area contributed by atoms with Crippen molar-refractivity contribution >= 4 is 35.1 Å². The highest BCUT2D eigenvalue weighted by molar-refractivity contribution is 8.00. The van der Waals surface area contributed by atoms with E-state index in [9.17, 15) is 34.5 Å². The third-order valence-corrected chi connectivity index (χ3v) is 16.7. The molecule has 13 heteroatoms. The average Bonchev–Trinajstić information content (AvgIpc) is 3.51. The fourth-order valence-electron chi connectivity index (χ4n) is 12.3. The van der Waals surface area contributed by atoms with E-state index in [1.165, 1.54) is 16.7 Å². The molecular weight excluding hydrogens is 719 g/mol. The Hall–Kier alpha value is -2.88. The number of thioether (sulfide) groups is 1. The fourth-order valence-corrected chi connectivity index (χ4v) is 13.6. The number of ketones is 2. The molecule has 0 bridgehead atoms. The minimum absolute atomic E-state index is 0.00696. The van der Waals surface area contributed by atoms with Crippen LogP contribution < -0.4 is 5.32 Å². The molecule has 14 atom stereocenters. The van der Waals surface area contributed by atoms with Crippen molar-refractivity contribution in [3.05, 3.63) is 21.7 Å². The molecule has 55 heavy (non-hydrogen) atoms. The lowest BCUT2D eigenvalue weighted by atomic mass is 9.43. The van der Waals surface area contributed by atoms with Gasteiger partial charge in [-0.1, -0.05) is 25.9 Å². The summed E-state index contributed by atoms with van der Waals surface area (Å²) in [6.45, 7) is 8.53. The predicted molar refractivity (Wildman–Crippen MR) is 210 cm³/mol. The van der Waals surface area contributed by atoms with E-state index in [0.717, 1.165) is 37.7 Å². The van der Waals surface area contributed by atoms with Gasteiger partial charge in [0, 0.05) is 49.3 Å². The maximum atomic E-state index is 13.7. The van der Waals surface area contributed by atoms with E-state index >= 15 is 0 Å². The van der Waals surface area contributed by atoms with Crippen LogP contribution in [0.15, 0.2) is 16.4 Å². The molecule has 0 spiro atoms. The van der Waals surface area contributed by atoms with Crippen molar-refractivity contribution in [1.29, 1.82) is 0 Å². The van der Waals surface area contributed by atoms with Crippen LogP contribution in [0.1, 0.15) is 118 Å². The van der Waals surface area contributed by atoms with Crippen molar-refractivity contribution in [2.24, 2.45) is 57.4 Å². The van der Waals surface area contributed by atoms with Crippen LogP contribution in [0, 0.1) is 64.6 Å². The molecule has 12 nitrogen and oxygen atoms in total. The molecule has 14 unspecified atom stereocenters. The van der Waals surface area contributed by atoms with Crippen LogP contribution in [-0.2, 0) is 19.2 Å². The van der Waals surface area contributed by atoms with E-state index in [1.807, 2.05) is 6.92 Å². The zero-order valence-electron chi connectivity index (χ0n) is 33.0. The minimum Gasteiger partial charge on any atom is -0.393 e. The van der Waals surface area contributed by atoms with E-state index in [-0.39, 0.29) is 108 Å². The number of aliphatic hydroxyl groups is 3. The Balaban J connectivity index is 1.04. The third-order valence-electron chi connectivity index (χ3n) is 15.3. The Bertz CT molecular complexity index is 1640. The number of unbranched alkanes of at least 4 members (excludes halogenated alkanes) is 1. The van der Waals surface area contributed by atoms with Gasteiger partial charge < -0.3 is 20.6 Å². The first-order valence-electron chi connectivity index (χ1n) is 20.6. The molecule has 4 N–H and O–H groups in total. The van der Waals surface area contributed by atoms with Crippen LogP contribution in [0.5, 0.6) is 0 Å². The largest absolute Gasteiger partial charge is 0.393 e. The zero-order chi connectivity index (χ0) is 39.8. The van der Waals surface area contributed by atoms with Crippen molar-refractivity contribution in [3.8, 4) is 12.3 Å². The third kappa shape index (κ3) is 7.88. The van der Waals surface area contributed by atoms with Gasteiger partial charge in [-0.25, -0.2) is 0 Å². The number of Topliss-reactive ketones (excluding diaryl/α,β-unsaturated/α-hetero) is 2. The Morgan fingerprint density at radius 3 is 2.60 bits per heavy atom. The van der Waals surface area contributed by atoms with Crippen molar-refractivity contribution < 1.29 is 34.5 Å². The highest BCUT2D eigenvalue weighted by atomic mass is 32.2. The summed E-state index contributed by atoms with van der Waals surface area (Å²) in [7, 11) is 0. The number of nitrogens with one attached hydrogen (secondary N) is 1. The van der Waals surface area contributed by atoms with Crippen LogP contribution in [0.2, 0.25) is 0 Å². The van der Waals surface area contributed by atoms with Gasteiger partial charge in [0.2, 0.25) is 5.91 Å². The van der Waals surface area contributed by atoms with Gasteiger partial charge in [-0.15, -0.1) is 24.1 Å². The van der Waals surface area contributed by atoms with Crippen LogP contribution in [0.4, 0.5) is 0 Å². The monoisotopic (exact) mass is 779 g/mol. The number of carbonyl (C=O) groups is 4. The summed E-state index contributed by atoms with van der Waals surface area (Å²) >= 11 is 1.51. The number of allylic oxidation sites excluding steroid dienone is 1. The Labute approximate surface area is 330 Å². The van der Waals surface area contributed by atoms with E-state index in [1.54, 1.807) is 0 Å². The predicted octanol–water partition coefficient (Wildman–Crippen LogP) is 5.69. The van der Waals surface area contributed by atoms with E-state index in [0.29, 0.717) is 43.6 Å². The molecular formula is C42H61N5O7S. The van der Waals surface area contributed by atoms with Gasteiger partial charge in [-0.3, -0.25) is 24.1 Å². The van der Waals surface area contributed by atoms with Crippen molar-refractivity contribution in [3.63, 3.8) is 0 Å². The number of terminal acetylenes is 1. The molecule has 4 aliphatic carbocycles. The molecule has 2 aliphatic heterocycles. The molecule has 6 aliphatic rings. The summed E-state index contributed by atoms with van der Waals surface area (Å²) in [6.07, 6.45) is 12.0. The topological polar surface area (TPSA) is 193 Å². The number of fused-ring (bicyclic) bond motifs is 6. The first kappa shape index (κ1) is 41.7. The number of amides is 2. The van der Waals surface area contributed by atoms with Gasteiger partial charge in [0.25, 0.3) is 5.91 Å². The second-order valence-corrected chi connectivity index (χ2v) is 19.4. The maximum absolute atomic E-state index is 13.7. The number of hydrogen-bond donors (Lipinski definition) is 4. The summed E-state index contributed by atoms with van der Waals surface area (Å²) in [6, 6.07) is -0.746. The summed E-state index contributed by atoms with van der Waals surface area (Å²) < 4.78 is 0. The standard InChI is InChI=1S/C42H61N5O7S/c1-6-7-8-9-27(48)16-25(21-44-46-43)17-33(51)38-24(3)22-55-40-37(39(54)47(38)40)45-35(53)13-10-23(2)29-11-12-30-36-31(20-34(52)42(29,30)5)41(4)15-14-28(49)18-26(41)19-32(36)50/h1,23,25-26,28-32,34,36-37,40,49-50,52H,7-22H2,2-5H3,(H,45,53). The van der Waals surface area contributed by atoms with Gasteiger partial charge in [0.05, 0.1) is 24.0 Å². The van der Waals surface area contributed by atoms with Crippen LogP contribution in [0.3, 0.4) is 0 Å². The molecule has 1 saturated heterocycles. The highest BCUT2D eigenvalue weighted by Gasteiger charge is 2.65. The van der Waals surface area contributed by atoms with E-state index < -0.39 is 29.5 Å². The Kier molecular flexibility index (Phi) is 12.8. The van der Waals surface area contributed by atoms with Crippen LogP contribution in [0.25, 0.3) is 10.4 Å². The average molecular weight is 780 g/mol. The lowest BCUT2D eigenvalue weighted by Crippen LogP contribution is -2.70. The van der Waals surface area contributed by atoms with Gasteiger partial charge >= 0.3 is 0 Å². The van der Waals surface area contributed by atoms with Gasteiger partial charge in [0.1, 0.15) is 17.2 Å². The van der Waals surface area contributed by atoms with Gasteiger partial charge in [-0.05, 0) is 128 Å². The molecule has 5 fully saturated rings. The molecule has 0 radical (unpaired) electrons. The second-order valence-electron chi connectivity index (χ2n) is 18.3. The maximum Gasteiger partial charge on any atom is 0.253 e. The van der Waals surface area contributed by atoms with E-state index in [2.05, 4.69) is 42.0 Å². The quantitative estimate of drug-likeness (QED) is 0.0407. The molecule has 0 aromatic heterocycles. The molecule has 0 aromatic carbocycles. The second kappa shape index (κ2) is 16.9. The number of rotatable bonds is 15. The lowest BCUT2D eigenvalue weighted by Gasteiger charge is -2.63. The number of azide groups is 1. The normalized spacial score (nSPS) is 38.9. The van der Waals surface area contributed by atoms with Crippen LogP contribution in [-0.4, -0.2) is 85.6 Å². The highest BCUT2D eigenvalue weighted by Crippen LogP contribution is 2.68. The number of aliphatic hydroxyl groups excluding tert-OH is 3. The Morgan fingerprint density at radius 1 is 1.11 bits per heavy atom. The zero-order valence-corrected chi connectivity index (χ0v) is 33.8. The van der Waals surface area contributed by atoms with Gasteiger partial charge in [-0.2, -0.15) is 0 Å². The number of β-lactam (4-membered cyclic amide) rings is 1. The molecule has 4 saturated carbocycles. The molecule has 2 amide bonds. The number of carbonyl (C=O) groups excluding carboxylic acids is 4. The smallest absolute Gasteiger partial charge is 0.253 e. The fraction of sp³-hybridized carbons (Fsp3) is 0.810. The first-order valence-corrected chi connectivity index (χ1v) is 21.7. The van der Waals surface area contributed by atoms with E-state index in [4.69, 9.17) is 12.0 Å². The lowest BCUT2D eigenvalue weighted by molar-refractivity contribution is -0.207. The first-order chi connectivity index (χ1) is 26.1. The van der Waals surface area contributed by atoms with Gasteiger partial charge in [0.15, 0.2) is 5.78 Å². The summed E-state index contributed by atoms with van der Waals surface area (Å²) in [5.74, 6) is 2.83. The minimum atomic E-state index is -0.746. The number of hydrogen-bond acceptors (Lipinski definition) is 9. The van der Waals surface area contributed by atoms with Crippen molar-refractivity contribution in [2.45, 2.75) is 147 Å². The number of nitrogens with zero attached hydrogens (tertiary/aromatic N) is 4. The summed E-state index contributed by atoms with van der Waals surface area (Å²) in [5, 5.41) is 40.1.